The Morgan fingerprint density at radius 1 is 0.667 bits per heavy atom. The first-order chi connectivity index (χ1) is 14.5. The van der Waals surface area contributed by atoms with Gasteiger partial charge in [-0.25, -0.2) is 0 Å². The van der Waals surface area contributed by atoms with E-state index in [9.17, 15) is 9.59 Å². The summed E-state index contributed by atoms with van der Waals surface area (Å²) in [5, 5.41) is 0. The molecule has 5 fully saturated rings. The van der Waals surface area contributed by atoms with E-state index >= 15 is 0 Å². The van der Waals surface area contributed by atoms with Gasteiger partial charge in [-0.15, -0.1) is 0 Å². The summed E-state index contributed by atoms with van der Waals surface area (Å²) in [6.45, 7) is 5.08. The van der Waals surface area contributed by atoms with Gasteiger partial charge in [0.1, 0.15) is 0 Å². The average molecular weight is 415 g/mol. The van der Waals surface area contributed by atoms with Crippen LogP contribution in [0.25, 0.3) is 0 Å². The van der Waals surface area contributed by atoms with Crippen molar-refractivity contribution < 1.29 is 9.59 Å². The predicted molar refractivity (Wildman–Crippen MR) is 119 cm³/mol. The van der Waals surface area contributed by atoms with Crippen molar-refractivity contribution in [1.82, 2.24) is 9.80 Å². The minimum absolute atomic E-state index is 0.109. The topological polar surface area (TPSA) is 40.6 Å². The molecule has 4 saturated carbocycles. The zero-order chi connectivity index (χ0) is 20.7. The van der Waals surface area contributed by atoms with Crippen LogP contribution in [0.15, 0.2) is 0 Å². The van der Waals surface area contributed by atoms with E-state index in [1.165, 1.54) is 57.8 Å². The Balaban J connectivity index is 1.07. The van der Waals surface area contributed by atoms with E-state index < -0.39 is 0 Å². The number of amides is 2. The minimum atomic E-state index is -0.109. The number of nitrogens with zero attached hydrogens (tertiary/aromatic N) is 2. The lowest BCUT2D eigenvalue weighted by Gasteiger charge is -2.44. The maximum Gasteiger partial charge on any atom is 0.228 e. The van der Waals surface area contributed by atoms with Crippen LogP contribution in [0.2, 0.25) is 0 Å². The van der Waals surface area contributed by atoms with E-state index in [-0.39, 0.29) is 11.3 Å². The zero-order valence-electron chi connectivity index (χ0n) is 19.1. The van der Waals surface area contributed by atoms with Gasteiger partial charge in [0.15, 0.2) is 0 Å². The fraction of sp³-hybridized carbons (Fsp3) is 0.923. The molecule has 0 aromatic rings. The molecule has 1 heterocycles. The lowest BCUT2D eigenvalue weighted by atomic mass is 9.66. The molecule has 5 aliphatic rings. The summed E-state index contributed by atoms with van der Waals surface area (Å²) >= 11 is 0. The molecule has 168 valence electrons. The maximum atomic E-state index is 13.1. The normalized spacial score (nSPS) is 38.6. The molecule has 0 radical (unpaired) electrons. The molecule has 1 saturated heterocycles. The summed E-state index contributed by atoms with van der Waals surface area (Å²) in [6, 6.07) is 0. The van der Waals surface area contributed by atoms with Gasteiger partial charge >= 0.3 is 0 Å². The van der Waals surface area contributed by atoms with Crippen LogP contribution in [0.1, 0.15) is 90.4 Å². The zero-order valence-corrected chi connectivity index (χ0v) is 19.1. The summed E-state index contributed by atoms with van der Waals surface area (Å²) in [5.74, 6) is 4.88. The number of hydrogen-bond donors (Lipinski definition) is 0. The molecule has 0 aromatic heterocycles. The maximum absolute atomic E-state index is 13.1. The van der Waals surface area contributed by atoms with Crippen molar-refractivity contribution >= 4 is 11.8 Å². The van der Waals surface area contributed by atoms with Crippen LogP contribution in [0.4, 0.5) is 0 Å². The highest BCUT2D eigenvalue weighted by Gasteiger charge is 2.43. The van der Waals surface area contributed by atoms with Crippen LogP contribution in [0.3, 0.4) is 0 Å². The highest BCUT2D eigenvalue weighted by Crippen LogP contribution is 2.49. The third-order valence-corrected chi connectivity index (χ3v) is 9.97. The quantitative estimate of drug-likeness (QED) is 0.661. The van der Waals surface area contributed by atoms with Crippen molar-refractivity contribution in [2.45, 2.75) is 90.4 Å². The molecule has 2 amide bonds. The molecule has 0 N–H and O–H groups in total. The van der Waals surface area contributed by atoms with Gasteiger partial charge in [-0.2, -0.15) is 0 Å². The SMILES string of the molecule is CC1(C(=O)N2CCN(C(=O)C3CCC(C4CCC5CCCC5C4)CC3)CC2)CCC1. The molecule has 0 bridgehead atoms. The van der Waals surface area contributed by atoms with Gasteiger partial charge in [-0.1, -0.05) is 32.6 Å². The number of fused-ring (bicyclic) bond motifs is 1. The summed E-state index contributed by atoms with van der Waals surface area (Å²) in [7, 11) is 0. The second-order valence-corrected chi connectivity index (χ2v) is 11.7. The van der Waals surface area contributed by atoms with Gasteiger partial charge in [0.2, 0.25) is 11.8 Å². The summed E-state index contributed by atoms with van der Waals surface area (Å²) in [6.07, 6.45) is 16.9. The van der Waals surface area contributed by atoms with E-state index in [2.05, 4.69) is 11.8 Å². The third kappa shape index (κ3) is 3.93. The molecule has 30 heavy (non-hydrogen) atoms. The molecular weight excluding hydrogens is 372 g/mol. The number of hydrogen-bond acceptors (Lipinski definition) is 2. The van der Waals surface area contributed by atoms with Crippen molar-refractivity contribution in [3.63, 3.8) is 0 Å². The fourth-order valence-electron chi connectivity index (χ4n) is 7.70. The fourth-order valence-corrected chi connectivity index (χ4v) is 7.70. The largest absolute Gasteiger partial charge is 0.339 e. The number of piperazine rings is 1. The van der Waals surface area contributed by atoms with Crippen LogP contribution in [0.5, 0.6) is 0 Å². The highest BCUT2D eigenvalue weighted by molar-refractivity contribution is 5.84. The highest BCUT2D eigenvalue weighted by atomic mass is 16.2. The summed E-state index contributed by atoms with van der Waals surface area (Å²) in [5.41, 5.74) is -0.109. The number of carbonyl (C=O) groups excluding carboxylic acids is 2. The van der Waals surface area contributed by atoms with Crippen molar-refractivity contribution in [3.05, 3.63) is 0 Å². The van der Waals surface area contributed by atoms with E-state index in [0.717, 1.165) is 75.5 Å². The molecule has 5 rings (SSSR count). The Hall–Kier alpha value is -1.06. The number of carbonyl (C=O) groups is 2. The van der Waals surface area contributed by atoms with Gasteiger partial charge in [-0.3, -0.25) is 9.59 Å². The van der Waals surface area contributed by atoms with Crippen molar-refractivity contribution in [2.24, 2.45) is 35.0 Å². The van der Waals surface area contributed by atoms with Gasteiger partial charge in [-0.05, 0) is 81.5 Å². The molecule has 4 aliphatic carbocycles. The van der Waals surface area contributed by atoms with Gasteiger partial charge in [0.25, 0.3) is 0 Å². The average Bonchev–Trinajstić information content (AvgIpc) is 3.24. The van der Waals surface area contributed by atoms with Gasteiger partial charge < -0.3 is 9.80 Å². The Morgan fingerprint density at radius 2 is 1.20 bits per heavy atom. The summed E-state index contributed by atoms with van der Waals surface area (Å²) < 4.78 is 0. The van der Waals surface area contributed by atoms with Crippen molar-refractivity contribution in [2.75, 3.05) is 26.2 Å². The molecule has 1 aliphatic heterocycles. The first-order valence-corrected chi connectivity index (χ1v) is 13.1. The standard InChI is InChI=1S/C26H42N2O2/c1-26(12-3-13-26)25(30)28-16-14-27(15-17-28)24(29)21-9-6-20(7-10-21)23-11-8-19-4-2-5-22(19)18-23/h19-23H,2-18H2,1H3. The number of rotatable bonds is 3. The van der Waals surface area contributed by atoms with Crippen molar-refractivity contribution in [1.29, 1.82) is 0 Å². The Kier molecular flexibility index (Phi) is 5.88. The second-order valence-electron chi connectivity index (χ2n) is 11.7. The molecule has 0 aromatic carbocycles. The van der Waals surface area contributed by atoms with Crippen LogP contribution in [-0.4, -0.2) is 47.8 Å². The minimum Gasteiger partial charge on any atom is -0.339 e. The van der Waals surface area contributed by atoms with E-state index in [4.69, 9.17) is 0 Å². The first-order valence-electron chi connectivity index (χ1n) is 13.1. The first kappa shape index (κ1) is 20.8. The van der Waals surface area contributed by atoms with Crippen LogP contribution >= 0.6 is 0 Å². The van der Waals surface area contributed by atoms with Gasteiger partial charge in [0, 0.05) is 37.5 Å². The molecular formula is C26H42N2O2. The van der Waals surface area contributed by atoms with E-state index in [1.807, 2.05) is 4.90 Å². The van der Waals surface area contributed by atoms with E-state index in [1.54, 1.807) is 0 Å². The summed E-state index contributed by atoms with van der Waals surface area (Å²) in [4.78, 5) is 30.0. The monoisotopic (exact) mass is 414 g/mol. The molecule has 0 spiro atoms. The third-order valence-electron chi connectivity index (χ3n) is 9.97. The molecule has 4 heteroatoms. The smallest absolute Gasteiger partial charge is 0.228 e. The lowest BCUT2D eigenvalue weighted by Crippen LogP contribution is -2.56. The molecule has 3 unspecified atom stereocenters. The lowest BCUT2D eigenvalue weighted by molar-refractivity contribution is -0.151. The van der Waals surface area contributed by atoms with Crippen molar-refractivity contribution in [3.8, 4) is 0 Å². The molecule has 3 atom stereocenters. The van der Waals surface area contributed by atoms with Gasteiger partial charge in [0.05, 0.1) is 0 Å². The Bertz CT molecular complexity index is 641. The van der Waals surface area contributed by atoms with Crippen LogP contribution < -0.4 is 0 Å². The second kappa shape index (κ2) is 8.47. The van der Waals surface area contributed by atoms with Crippen LogP contribution in [0, 0.1) is 35.0 Å². The van der Waals surface area contributed by atoms with Crippen LogP contribution in [-0.2, 0) is 9.59 Å². The molecule has 4 nitrogen and oxygen atoms in total. The Labute approximate surface area is 183 Å². The van der Waals surface area contributed by atoms with E-state index in [0.29, 0.717) is 11.8 Å². The predicted octanol–water partition coefficient (Wildman–Crippen LogP) is 4.87. The Morgan fingerprint density at radius 3 is 1.87 bits per heavy atom.